The average molecular weight is 617 g/mol. The van der Waals surface area contributed by atoms with Crippen molar-refractivity contribution in [1.29, 1.82) is 0 Å². The number of carbonyl (C=O) groups excluding carboxylic acids is 2. The molecule has 5 rings (SSSR count). The molecule has 2 saturated carbocycles. The molecule has 1 aromatic rings. The number of ether oxygens (including phenoxy) is 2. The lowest BCUT2D eigenvalue weighted by Crippen LogP contribution is -2.81. The van der Waals surface area contributed by atoms with Crippen LogP contribution in [0.25, 0.3) is 0 Å². The molecule has 0 spiro atoms. The van der Waals surface area contributed by atoms with Crippen molar-refractivity contribution >= 4 is 20.1 Å². The van der Waals surface area contributed by atoms with Gasteiger partial charge in [0.15, 0.2) is 14.1 Å². The summed E-state index contributed by atoms with van der Waals surface area (Å²) >= 11 is 0. The molecule has 2 unspecified atom stereocenters. The summed E-state index contributed by atoms with van der Waals surface area (Å²) in [6.45, 7) is 12.9. The van der Waals surface area contributed by atoms with Gasteiger partial charge in [0.2, 0.25) is 0 Å². The van der Waals surface area contributed by atoms with Gasteiger partial charge >= 0.3 is 5.97 Å². The molecular formula is C33H48O9Si. The minimum absolute atomic E-state index is 0.115. The highest BCUT2D eigenvalue weighted by molar-refractivity contribution is 6.73. The molecule has 0 radical (unpaired) electrons. The van der Waals surface area contributed by atoms with Crippen molar-refractivity contribution in [1.82, 2.24) is 0 Å². The number of rotatable bonds is 7. The van der Waals surface area contributed by atoms with E-state index in [0.29, 0.717) is 5.57 Å². The minimum Gasteiger partial charge on any atom is -0.455 e. The van der Waals surface area contributed by atoms with Crippen molar-refractivity contribution in [3.8, 4) is 0 Å². The van der Waals surface area contributed by atoms with Gasteiger partial charge in [-0.2, -0.15) is 0 Å². The zero-order chi connectivity index (χ0) is 31.8. The second-order valence-electron chi connectivity index (χ2n) is 14.0. The van der Waals surface area contributed by atoms with Gasteiger partial charge in [-0.25, -0.2) is 4.79 Å². The van der Waals surface area contributed by atoms with Crippen LogP contribution in [-0.2, 0) is 18.7 Å². The molecule has 4 N–H and O–H groups in total. The smallest absolute Gasteiger partial charge is 0.338 e. The number of carbonyl (C=O) groups is 2. The number of Topliss-reactive ketones (excluding diaryl/α,β-unsaturated/α-hetero) is 1. The predicted octanol–water partition coefficient (Wildman–Crippen LogP) is 3.54. The molecule has 2 bridgehead atoms. The number of hydrogen-bond acceptors (Lipinski definition) is 9. The first-order chi connectivity index (χ1) is 20.1. The van der Waals surface area contributed by atoms with Crippen molar-refractivity contribution in [3.05, 3.63) is 47.0 Å². The quantitative estimate of drug-likeness (QED) is 0.267. The number of benzene rings is 1. The van der Waals surface area contributed by atoms with Gasteiger partial charge in [-0.05, 0) is 42.8 Å². The summed E-state index contributed by atoms with van der Waals surface area (Å²) in [5, 5.41) is 48.7. The van der Waals surface area contributed by atoms with E-state index >= 15 is 0 Å². The third-order valence-corrected chi connectivity index (χ3v) is 16.6. The van der Waals surface area contributed by atoms with Gasteiger partial charge in [0.25, 0.3) is 0 Å². The summed E-state index contributed by atoms with van der Waals surface area (Å²) < 4.78 is 19.3. The standard InChI is InChI=1S/C33H48O9Si/c1-8-43(9-2,10-3)42-22-16-23-32(38,18-40-23)26-28(41-29(37)20-14-12-11-13-15-20)33(39)17-21(34)19(4)24(30(33,5)6)25(35)27(36)31(22,26)7/h11-15,21-23,26-28,34,36,38-39H,8-10,16-18H2,1-7H3/t21-,22-,23+,26?,27+,28?,31+,32-,33+/m0/s1. The molecule has 3 aliphatic carbocycles. The number of hydrogen-bond donors (Lipinski definition) is 4. The molecule has 1 heterocycles. The normalized spacial score (nSPS) is 40.5. The molecule has 9 atom stereocenters. The maximum absolute atomic E-state index is 14.5. The maximum Gasteiger partial charge on any atom is 0.338 e. The number of ketones is 1. The van der Waals surface area contributed by atoms with Crippen LogP contribution in [0.4, 0.5) is 0 Å². The lowest BCUT2D eigenvalue weighted by atomic mass is 9.44. The van der Waals surface area contributed by atoms with Crippen LogP contribution < -0.4 is 0 Å². The van der Waals surface area contributed by atoms with Gasteiger partial charge in [0.05, 0.1) is 30.5 Å². The second-order valence-corrected chi connectivity index (χ2v) is 18.7. The molecule has 3 fully saturated rings. The Labute approximate surface area is 255 Å². The van der Waals surface area contributed by atoms with E-state index in [-0.39, 0.29) is 30.6 Å². The molecule has 0 aromatic heterocycles. The van der Waals surface area contributed by atoms with E-state index in [0.717, 1.165) is 18.1 Å². The molecule has 238 valence electrons. The minimum atomic E-state index is -2.35. The molecular weight excluding hydrogens is 568 g/mol. The molecule has 10 heteroatoms. The first kappa shape index (κ1) is 32.5. The van der Waals surface area contributed by atoms with Crippen LogP contribution >= 0.6 is 0 Å². The van der Waals surface area contributed by atoms with E-state index in [1.54, 1.807) is 58.0 Å². The van der Waals surface area contributed by atoms with Gasteiger partial charge in [-0.3, -0.25) is 4.79 Å². The van der Waals surface area contributed by atoms with Crippen LogP contribution in [-0.4, -0.2) is 88.8 Å². The SMILES string of the molecule is CC[Si](CC)(CC)O[C@H]1C[C@H]2OC[C@@]2(O)C2C(OC(=O)c3ccccc3)[C@]3(O)C[C@H](O)C(C)=C(C(=O)[C@@H](O)[C@@]21C)C3(C)C. The van der Waals surface area contributed by atoms with Gasteiger partial charge in [-0.1, -0.05) is 59.7 Å². The van der Waals surface area contributed by atoms with E-state index in [4.69, 9.17) is 13.9 Å². The number of aliphatic hydroxyl groups excluding tert-OH is 2. The van der Waals surface area contributed by atoms with Crippen LogP contribution in [0.1, 0.15) is 71.7 Å². The van der Waals surface area contributed by atoms with Crippen molar-refractivity contribution in [2.45, 2.75) is 121 Å². The Kier molecular flexibility index (Phi) is 8.20. The Hall–Kier alpha value is -1.92. The molecule has 9 nitrogen and oxygen atoms in total. The fourth-order valence-electron chi connectivity index (χ4n) is 8.70. The van der Waals surface area contributed by atoms with E-state index in [2.05, 4.69) is 20.8 Å². The Balaban J connectivity index is 1.79. The molecule has 1 aliphatic heterocycles. The van der Waals surface area contributed by atoms with Gasteiger partial charge in [0.1, 0.15) is 23.4 Å². The molecule has 4 aliphatic rings. The fourth-order valence-corrected chi connectivity index (χ4v) is 11.7. The first-order valence-corrected chi connectivity index (χ1v) is 18.2. The van der Waals surface area contributed by atoms with Crippen LogP contribution in [0.15, 0.2) is 41.5 Å². The van der Waals surface area contributed by atoms with Gasteiger partial charge in [0, 0.05) is 35.2 Å². The van der Waals surface area contributed by atoms with Crippen LogP contribution in [0.2, 0.25) is 18.1 Å². The zero-order valence-corrected chi connectivity index (χ0v) is 27.4. The van der Waals surface area contributed by atoms with Crippen LogP contribution in [0.5, 0.6) is 0 Å². The Morgan fingerprint density at radius 1 is 1.05 bits per heavy atom. The number of aliphatic hydroxyl groups is 4. The fraction of sp³-hybridized carbons (Fsp3) is 0.697. The molecule has 1 aromatic carbocycles. The Morgan fingerprint density at radius 2 is 1.65 bits per heavy atom. The lowest BCUT2D eigenvalue weighted by Gasteiger charge is -2.68. The highest BCUT2D eigenvalue weighted by Gasteiger charge is 2.76. The maximum atomic E-state index is 14.5. The zero-order valence-electron chi connectivity index (χ0n) is 26.4. The number of esters is 1. The summed E-state index contributed by atoms with van der Waals surface area (Å²) in [4.78, 5) is 28.2. The lowest BCUT2D eigenvalue weighted by molar-refractivity contribution is -0.354. The monoisotopic (exact) mass is 616 g/mol. The summed E-state index contributed by atoms with van der Waals surface area (Å²) in [5.41, 5.74) is -5.76. The van der Waals surface area contributed by atoms with Crippen molar-refractivity contribution in [2.75, 3.05) is 6.61 Å². The largest absolute Gasteiger partial charge is 0.455 e. The predicted molar refractivity (Wildman–Crippen MR) is 162 cm³/mol. The third kappa shape index (κ3) is 4.46. The highest BCUT2D eigenvalue weighted by Crippen LogP contribution is 2.64. The topological polar surface area (TPSA) is 143 Å². The van der Waals surface area contributed by atoms with Crippen molar-refractivity contribution in [3.63, 3.8) is 0 Å². The average Bonchev–Trinajstić information content (AvgIpc) is 2.98. The van der Waals surface area contributed by atoms with Crippen molar-refractivity contribution in [2.24, 2.45) is 16.7 Å². The Morgan fingerprint density at radius 3 is 2.19 bits per heavy atom. The van der Waals surface area contributed by atoms with Crippen LogP contribution in [0.3, 0.4) is 0 Å². The first-order valence-electron chi connectivity index (χ1n) is 15.7. The van der Waals surface area contributed by atoms with Crippen molar-refractivity contribution < 1.29 is 43.9 Å². The highest BCUT2D eigenvalue weighted by atomic mass is 28.4. The van der Waals surface area contributed by atoms with E-state index in [1.807, 2.05) is 0 Å². The Bertz CT molecular complexity index is 1280. The summed E-state index contributed by atoms with van der Waals surface area (Å²) in [7, 11) is -2.35. The van der Waals surface area contributed by atoms with Crippen LogP contribution in [0, 0.1) is 16.7 Å². The van der Waals surface area contributed by atoms with E-state index in [1.165, 1.54) is 0 Å². The summed E-state index contributed by atoms with van der Waals surface area (Å²) in [6, 6.07) is 10.8. The third-order valence-electron chi connectivity index (χ3n) is 11.9. The number of fused-ring (bicyclic) bond motifs is 5. The molecule has 0 amide bonds. The summed E-state index contributed by atoms with van der Waals surface area (Å²) in [5.74, 6) is -2.51. The van der Waals surface area contributed by atoms with Gasteiger partial charge < -0.3 is 34.3 Å². The van der Waals surface area contributed by atoms with Gasteiger partial charge in [-0.15, -0.1) is 0 Å². The van der Waals surface area contributed by atoms with E-state index < -0.39 is 78.5 Å². The second kappa shape index (κ2) is 10.9. The molecule has 43 heavy (non-hydrogen) atoms. The molecule has 1 saturated heterocycles. The van der Waals surface area contributed by atoms with E-state index in [9.17, 15) is 30.0 Å². The summed E-state index contributed by atoms with van der Waals surface area (Å²) in [6.07, 6.45) is -5.79.